The normalized spacial score (nSPS) is 11.2. The molecule has 2 amide bonds. The molecule has 9 heteroatoms. The van der Waals surface area contributed by atoms with Gasteiger partial charge >= 0.3 is 0 Å². The van der Waals surface area contributed by atoms with Crippen LogP contribution in [0.1, 0.15) is 26.3 Å². The highest BCUT2D eigenvalue weighted by atomic mass is 16.5. The van der Waals surface area contributed by atoms with Crippen molar-refractivity contribution in [3.05, 3.63) is 54.1 Å². The van der Waals surface area contributed by atoms with E-state index in [1.165, 1.54) is 9.70 Å². The van der Waals surface area contributed by atoms with Crippen molar-refractivity contribution in [2.75, 3.05) is 18.6 Å². The monoisotopic (exact) mass is 436 g/mol. The lowest BCUT2D eigenvalue weighted by Crippen LogP contribution is -2.48. The van der Waals surface area contributed by atoms with Crippen molar-refractivity contribution in [3.8, 4) is 17.1 Å². The van der Waals surface area contributed by atoms with Crippen molar-refractivity contribution in [1.29, 1.82) is 0 Å². The van der Waals surface area contributed by atoms with Gasteiger partial charge in [-0.25, -0.2) is 0 Å². The second-order valence-electron chi connectivity index (χ2n) is 8.49. The Kier molecular flexibility index (Phi) is 6.87. The van der Waals surface area contributed by atoms with E-state index >= 15 is 0 Å². The van der Waals surface area contributed by atoms with Crippen LogP contribution in [0, 0.1) is 6.92 Å². The van der Waals surface area contributed by atoms with Crippen LogP contribution in [0.4, 0.5) is 5.69 Å². The van der Waals surface area contributed by atoms with Gasteiger partial charge in [0, 0.05) is 22.9 Å². The molecule has 0 unspecified atom stereocenters. The minimum atomic E-state index is -0.420. The van der Waals surface area contributed by atoms with Gasteiger partial charge in [-0.1, -0.05) is 35.9 Å². The number of tetrazole rings is 1. The maximum absolute atomic E-state index is 13.2. The molecule has 168 valence electrons. The van der Waals surface area contributed by atoms with Gasteiger partial charge < -0.3 is 15.0 Å². The number of nitrogens with zero attached hydrogens (tertiary/aromatic N) is 5. The second kappa shape index (κ2) is 9.59. The molecular weight excluding hydrogens is 408 g/mol. The third-order valence-electron chi connectivity index (χ3n) is 4.52. The van der Waals surface area contributed by atoms with Crippen molar-refractivity contribution < 1.29 is 14.3 Å². The first-order chi connectivity index (χ1) is 15.1. The van der Waals surface area contributed by atoms with Gasteiger partial charge in [0.1, 0.15) is 18.8 Å². The molecule has 32 heavy (non-hydrogen) atoms. The number of hydrogen-bond donors (Lipinski definition) is 1. The molecule has 0 fully saturated rings. The number of nitrogens with one attached hydrogen (secondary N) is 1. The van der Waals surface area contributed by atoms with Crippen LogP contribution in [0.25, 0.3) is 11.4 Å². The zero-order valence-corrected chi connectivity index (χ0v) is 19.0. The number of carbonyl (C=O) groups excluding carboxylic acids is 2. The molecule has 1 heterocycles. The highest BCUT2D eigenvalue weighted by molar-refractivity contribution is 5.98. The SMILES string of the molecule is COc1cccc(N(CC(=O)NC(C)(C)C)C(=O)Cn2nnc(-c3ccc(C)cc3)n2)c1. The van der Waals surface area contributed by atoms with Crippen LogP contribution in [0.3, 0.4) is 0 Å². The molecule has 9 nitrogen and oxygen atoms in total. The van der Waals surface area contributed by atoms with Gasteiger partial charge in [-0.05, 0) is 45.0 Å². The maximum atomic E-state index is 13.2. The van der Waals surface area contributed by atoms with Crippen molar-refractivity contribution >= 4 is 17.5 Å². The molecule has 0 spiro atoms. The summed E-state index contributed by atoms with van der Waals surface area (Å²) in [6, 6.07) is 14.7. The molecule has 0 atom stereocenters. The zero-order chi connectivity index (χ0) is 23.3. The molecule has 3 aromatic rings. The zero-order valence-electron chi connectivity index (χ0n) is 19.0. The fourth-order valence-corrected chi connectivity index (χ4v) is 3.04. The molecule has 1 aromatic heterocycles. The van der Waals surface area contributed by atoms with E-state index in [1.54, 1.807) is 31.4 Å². The highest BCUT2D eigenvalue weighted by Gasteiger charge is 2.23. The standard InChI is InChI=1S/C23H28N6O3/c1-16-9-11-17(12-10-16)22-25-27-29(26-22)15-21(31)28(14-20(30)24-23(2,3)4)18-7-6-8-19(13-18)32-5/h6-13H,14-15H2,1-5H3,(H,24,30). The average Bonchev–Trinajstić information content (AvgIpc) is 3.19. The van der Waals surface area contributed by atoms with Crippen LogP contribution in [-0.4, -0.2) is 51.2 Å². The smallest absolute Gasteiger partial charge is 0.251 e. The summed E-state index contributed by atoms with van der Waals surface area (Å²) in [5, 5.41) is 15.3. The van der Waals surface area contributed by atoms with Crippen LogP contribution in [0.5, 0.6) is 5.75 Å². The van der Waals surface area contributed by atoms with Gasteiger partial charge in [0.05, 0.1) is 7.11 Å². The largest absolute Gasteiger partial charge is 0.497 e. The lowest BCUT2D eigenvalue weighted by atomic mass is 10.1. The van der Waals surface area contributed by atoms with E-state index < -0.39 is 5.54 Å². The van der Waals surface area contributed by atoms with Gasteiger partial charge in [0.15, 0.2) is 0 Å². The second-order valence-corrected chi connectivity index (χ2v) is 8.49. The molecule has 0 aliphatic rings. The Morgan fingerprint density at radius 1 is 1.12 bits per heavy atom. The number of anilines is 1. The summed E-state index contributed by atoms with van der Waals surface area (Å²) < 4.78 is 5.27. The van der Waals surface area contributed by atoms with E-state index in [9.17, 15) is 9.59 Å². The summed E-state index contributed by atoms with van der Waals surface area (Å²) in [5.41, 5.74) is 2.05. The number of methoxy groups -OCH3 is 1. The van der Waals surface area contributed by atoms with Crippen molar-refractivity contribution in [2.45, 2.75) is 39.8 Å². The first-order valence-corrected chi connectivity index (χ1v) is 10.2. The quantitative estimate of drug-likeness (QED) is 0.611. The van der Waals surface area contributed by atoms with E-state index in [0.717, 1.165) is 11.1 Å². The first kappa shape index (κ1) is 22.9. The number of amides is 2. The van der Waals surface area contributed by atoms with Crippen molar-refractivity contribution in [3.63, 3.8) is 0 Å². The Bertz CT molecular complexity index is 1090. The van der Waals surface area contributed by atoms with Crippen LogP contribution in [0.15, 0.2) is 48.5 Å². The van der Waals surface area contributed by atoms with Gasteiger partial charge in [0.2, 0.25) is 11.7 Å². The van der Waals surface area contributed by atoms with E-state index in [0.29, 0.717) is 17.3 Å². The number of hydrogen-bond acceptors (Lipinski definition) is 6. The van der Waals surface area contributed by atoms with Gasteiger partial charge in [0.25, 0.3) is 5.91 Å². The number of benzene rings is 2. The molecule has 0 aliphatic heterocycles. The fourth-order valence-electron chi connectivity index (χ4n) is 3.04. The average molecular weight is 437 g/mol. The van der Waals surface area contributed by atoms with E-state index in [1.807, 2.05) is 52.0 Å². The number of rotatable bonds is 7. The molecule has 0 aliphatic carbocycles. The van der Waals surface area contributed by atoms with Gasteiger partial charge in [-0.2, -0.15) is 4.80 Å². The summed E-state index contributed by atoms with van der Waals surface area (Å²) in [6.07, 6.45) is 0. The Morgan fingerprint density at radius 3 is 2.50 bits per heavy atom. The predicted octanol–water partition coefficient (Wildman–Crippen LogP) is 2.61. The molecule has 1 N–H and O–H groups in total. The Hall–Kier alpha value is -3.75. The van der Waals surface area contributed by atoms with Crippen LogP contribution in [-0.2, 0) is 16.1 Å². The Morgan fingerprint density at radius 2 is 1.84 bits per heavy atom. The minimum absolute atomic E-state index is 0.150. The Labute approximate surface area is 187 Å². The van der Waals surface area contributed by atoms with Crippen LogP contribution >= 0.6 is 0 Å². The molecule has 0 radical (unpaired) electrons. The molecule has 0 saturated heterocycles. The number of aryl methyl sites for hydroxylation is 1. The third-order valence-corrected chi connectivity index (χ3v) is 4.52. The lowest BCUT2D eigenvalue weighted by Gasteiger charge is -2.26. The fraction of sp³-hybridized carbons (Fsp3) is 0.348. The lowest BCUT2D eigenvalue weighted by molar-refractivity contribution is -0.125. The van der Waals surface area contributed by atoms with E-state index in [2.05, 4.69) is 20.7 Å². The van der Waals surface area contributed by atoms with Crippen molar-refractivity contribution in [2.24, 2.45) is 0 Å². The van der Waals surface area contributed by atoms with E-state index in [4.69, 9.17) is 4.74 Å². The number of aromatic nitrogens is 4. The minimum Gasteiger partial charge on any atom is -0.497 e. The summed E-state index contributed by atoms with van der Waals surface area (Å²) in [6.45, 7) is 7.33. The van der Waals surface area contributed by atoms with Gasteiger partial charge in [-0.3, -0.25) is 9.59 Å². The van der Waals surface area contributed by atoms with Crippen LogP contribution < -0.4 is 15.0 Å². The molecule has 3 rings (SSSR count). The summed E-state index contributed by atoms with van der Waals surface area (Å²) in [5.74, 6) is 0.379. The van der Waals surface area contributed by atoms with Gasteiger partial charge in [-0.15, -0.1) is 10.2 Å². The van der Waals surface area contributed by atoms with Crippen molar-refractivity contribution in [1.82, 2.24) is 25.5 Å². The number of carbonyl (C=O) groups is 2. The molecular formula is C23H28N6O3. The summed E-state index contributed by atoms with van der Waals surface area (Å²) in [4.78, 5) is 28.4. The summed E-state index contributed by atoms with van der Waals surface area (Å²) in [7, 11) is 1.55. The van der Waals surface area contributed by atoms with E-state index in [-0.39, 0.29) is 24.9 Å². The molecule has 0 saturated carbocycles. The Balaban J connectivity index is 1.81. The summed E-state index contributed by atoms with van der Waals surface area (Å²) >= 11 is 0. The maximum Gasteiger partial charge on any atom is 0.251 e. The molecule has 0 bridgehead atoms. The highest BCUT2D eigenvalue weighted by Crippen LogP contribution is 2.21. The number of ether oxygens (including phenoxy) is 1. The van der Waals surface area contributed by atoms with Crippen LogP contribution in [0.2, 0.25) is 0 Å². The predicted molar refractivity (Wildman–Crippen MR) is 121 cm³/mol. The third kappa shape index (κ3) is 6.13. The topological polar surface area (TPSA) is 102 Å². The molecule has 2 aromatic carbocycles. The first-order valence-electron chi connectivity index (χ1n) is 10.2.